The summed E-state index contributed by atoms with van der Waals surface area (Å²) < 4.78 is 27.4. The Morgan fingerprint density at radius 1 is 1.35 bits per heavy atom. The number of sulfone groups is 1. The zero-order valence-electron chi connectivity index (χ0n) is 15.0. The van der Waals surface area contributed by atoms with Gasteiger partial charge in [-0.15, -0.1) is 24.0 Å². The van der Waals surface area contributed by atoms with Gasteiger partial charge in [0.1, 0.15) is 9.84 Å². The van der Waals surface area contributed by atoms with Crippen LogP contribution in [0, 0.1) is 0 Å². The molecule has 0 heterocycles. The van der Waals surface area contributed by atoms with E-state index in [1.54, 1.807) is 7.11 Å². The van der Waals surface area contributed by atoms with Crippen LogP contribution in [0.5, 0.6) is 0 Å². The molecule has 0 saturated carbocycles. The maximum absolute atomic E-state index is 11.2. The minimum Gasteiger partial charge on any atom is -0.383 e. The highest BCUT2D eigenvalue weighted by molar-refractivity contribution is 14.0. The molecule has 0 aliphatic carbocycles. The quantitative estimate of drug-likeness (QED) is 0.264. The van der Waals surface area contributed by atoms with Crippen LogP contribution in [0.15, 0.2) is 4.99 Å². The summed E-state index contributed by atoms with van der Waals surface area (Å²) in [5.74, 6) is 0.906. The number of likely N-dealkylation sites (N-methyl/N-ethyl adjacent to an activating group) is 1. The van der Waals surface area contributed by atoms with Gasteiger partial charge in [-0.2, -0.15) is 0 Å². The summed E-state index contributed by atoms with van der Waals surface area (Å²) in [6.07, 6.45) is 1.83. The minimum absolute atomic E-state index is 0. The lowest BCUT2D eigenvalue weighted by Crippen LogP contribution is -2.43. The molecule has 0 aromatic heterocycles. The van der Waals surface area contributed by atoms with Gasteiger partial charge in [-0.25, -0.2) is 8.42 Å². The number of methoxy groups -OCH3 is 1. The topological polar surface area (TPSA) is 83.0 Å². The highest BCUT2D eigenvalue weighted by atomic mass is 127. The zero-order valence-corrected chi connectivity index (χ0v) is 18.1. The first-order valence-electron chi connectivity index (χ1n) is 7.68. The van der Waals surface area contributed by atoms with E-state index >= 15 is 0 Å². The molecule has 0 bridgehead atoms. The predicted octanol–water partition coefficient (Wildman–Crippen LogP) is 0.561. The van der Waals surface area contributed by atoms with Crippen LogP contribution in [-0.4, -0.2) is 84.3 Å². The van der Waals surface area contributed by atoms with Crippen LogP contribution in [-0.2, 0) is 14.6 Å². The molecule has 0 aliphatic heterocycles. The largest absolute Gasteiger partial charge is 0.383 e. The number of ether oxygens (including phenoxy) is 1. The number of halogens is 1. The summed E-state index contributed by atoms with van der Waals surface area (Å²) in [5.41, 5.74) is 0. The maximum atomic E-state index is 11.2. The van der Waals surface area contributed by atoms with E-state index in [-0.39, 0.29) is 35.8 Å². The van der Waals surface area contributed by atoms with Crippen molar-refractivity contribution in [2.45, 2.75) is 26.3 Å². The molecule has 0 rings (SSSR count). The van der Waals surface area contributed by atoms with Crippen LogP contribution in [0.3, 0.4) is 0 Å². The van der Waals surface area contributed by atoms with Gasteiger partial charge in [0.15, 0.2) is 5.96 Å². The molecule has 0 saturated heterocycles. The summed E-state index contributed by atoms with van der Waals surface area (Å²) in [5, 5.41) is 6.41. The highest BCUT2D eigenvalue weighted by Gasteiger charge is 2.09. The SMILES string of the molecule is CCNC(=NCCN(C)CCOC)NC(C)CCS(C)(=O)=O.I. The minimum atomic E-state index is -2.92. The third kappa shape index (κ3) is 16.5. The molecule has 0 amide bonds. The predicted molar refractivity (Wildman–Crippen MR) is 108 cm³/mol. The molecule has 23 heavy (non-hydrogen) atoms. The Labute approximate surface area is 158 Å². The Hall–Kier alpha value is -0.130. The molecule has 9 heteroatoms. The Morgan fingerprint density at radius 3 is 2.52 bits per heavy atom. The molecule has 0 aromatic rings. The molecule has 7 nitrogen and oxygen atoms in total. The number of aliphatic imine (C=N–C) groups is 1. The fraction of sp³-hybridized carbons (Fsp3) is 0.929. The summed E-state index contributed by atoms with van der Waals surface area (Å²) in [4.78, 5) is 6.66. The smallest absolute Gasteiger partial charge is 0.191 e. The standard InChI is InChI=1S/C14H32N4O3S.HI/c1-6-15-14(16-8-9-18(3)10-11-21-4)17-13(2)7-12-22(5,19)20;/h13H,6-12H2,1-5H3,(H2,15,16,17);1H. The van der Waals surface area contributed by atoms with Crippen molar-refractivity contribution >= 4 is 39.8 Å². The van der Waals surface area contributed by atoms with Crippen molar-refractivity contribution in [1.29, 1.82) is 0 Å². The van der Waals surface area contributed by atoms with Crippen molar-refractivity contribution in [1.82, 2.24) is 15.5 Å². The number of rotatable bonds is 11. The van der Waals surface area contributed by atoms with Gasteiger partial charge >= 0.3 is 0 Å². The van der Waals surface area contributed by atoms with Crippen LogP contribution in [0.1, 0.15) is 20.3 Å². The molecule has 1 atom stereocenters. The van der Waals surface area contributed by atoms with Gasteiger partial charge in [-0.1, -0.05) is 0 Å². The van der Waals surface area contributed by atoms with E-state index in [2.05, 4.69) is 20.5 Å². The summed E-state index contributed by atoms with van der Waals surface area (Å²) in [7, 11) is 0.800. The second-order valence-electron chi connectivity index (χ2n) is 5.52. The third-order valence-electron chi connectivity index (χ3n) is 3.08. The van der Waals surface area contributed by atoms with Crippen LogP contribution < -0.4 is 10.6 Å². The maximum Gasteiger partial charge on any atom is 0.191 e. The number of guanidine groups is 1. The van der Waals surface area contributed by atoms with Crippen molar-refractivity contribution in [2.75, 3.05) is 59.0 Å². The molecule has 140 valence electrons. The summed E-state index contributed by atoms with van der Waals surface area (Å²) >= 11 is 0. The number of hydrogen-bond acceptors (Lipinski definition) is 5. The van der Waals surface area contributed by atoms with Crippen molar-refractivity contribution < 1.29 is 13.2 Å². The lowest BCUT2D eigenvalue weighted by atomic mass is 10.3. The summed E-state index contributed by atoms with van der Waals surface area (Å²) in [6, 6.07) is 0.0544. The van der Waals surface area contributed by atoms with Gasteiger partial charge in [-0.3, -0.25) is 4.99 Å². The van der Waals surface area contributed by atoms with Crippen molar-refractivity contribution in [2.24, 2.45) is 4.99 Å². The van der Waals surface area contributed by atoms with E-state index in [4.69, 9.17) is 4.74 Å². The number of nitrogens with zero attached hydrogens (tertiary/aromatic N) is 2. The first kappa shape index (κ1) is 25.1. The summed E-state index contributed by atoms with van der Waals surface area (Å²) in [6.45, 7) is 7.84. The first-order chi connectivity index (χ1) is 10.3. The molecule has 0 aliphatic rings. The van der Waals surface area contributed by atoms with Crippen LogP contribution >= 0.6 is 24.0 Å². The molecule has 1 unspecified atom stereocenters. The van der Waals surface area contributed by atoms with E-state index in [1.165, 1.54) is 6.26 Å². The van der Waals surface area contributed by atoms with E-state index in [1.807, 2.05) is 20.9 Å². The first-order valence-corrected chi connectivity index (χ1v) is 9.74. The van der Waals surface area contributed by atoms with Crippen LogP contribution in [0.25, 0.3) is 0 Å². The lowest BCUT2D eigenvalue weighted by molar-refractivity contribution is 0.163. The van der Waals surface area contributed by atoms with Crippen molar-refractivity contribution in [3.8, 4) is 0 Å². The van der Waals surface area contributed by atoms with E-state index < -0.39 is 9.84 Å². The molecular formula is C14H33IN4O3S. The lowest BCUT2D eigenvalue weighted by Gasteiger charge is -2.18. The molecular weight excluding hydrogens is 431 g/mol. The van der Waals surface area contributed by atoms with Gasteiger partial charge in [0.2, 0.25) is 0 Å². The monoisotopic (exact) mass is 464 g/mol. The highest BCUT2D eigenvalue weighted by Crippen LogP contribution is 1.95. The number of hydrogen-bond donors (Lipinski definition) is 2. The van der Waals surface area contributed by atoms with E-state index in [0.29, 0.717) is 19.6 Å². The molecule has 2 N–H and O–H groups in total. The fourth-order valence-electron chi connectivity index (χ4n) is 1.71. The van der Waals surface area contributed by atoms with Crippen molar-refractivity contribution in [3.63, 3.8) is 0 Å². The Balaban J connectivity index is 0. The molecule has 0 aromatic carbocycles. The second-order valence-corrected chi connectivity index (χ2v) is 7.78. The Morgan fingerprint density at radius 2 is 2.00 bits per heavy atom. The van der Waals surface area contributed by atoms with Crippen LogP contribution in [0.4, 0.5) is 0 Å². The van der Waals surface area contributed by atoms with Crippen LogP contribution in [0.2, 0.25) is 0 Å². The van der Waals surface area contributed by atoms with E-state index in [9.17, 15) is 8.42 Å². The normalized spacial score (nSPS) is 13.6. The van der Waals surface area contributed by atoms with Gasteiger partial charge in [0.25, 0.3) is 0 Å². The van der Waals surface area contributed by atoms with Crippen molar-refractivity contribution in [3.05, 3.63) is 0 Å². The Kier molecular flexibility index (Phi) is 15.5. The molecule has 0 fully saturated rings. The average molecular weight is 464 g/mol. The third-order valence-corrected chi connectivity index (χ3v) is 4.06. The fourth-order valence-corrected chi connectivity index (χ4v) is 2.49. The zero-order chi connectivity index (χ0) is 17.0. The second kappa shape index (κ2) is 14.2. The molecule has 0 spiro atoms. The van der Waals surface area contributed by atoms with Gasteiger partial charge < -0.3 is 20.3 Å². The van der Waals surface area contributed by atoms with Gasteiger partial charge in [0.05, 0.1) is 18.9 Å². The van der Waals surface area contributed by atoms with Gasteiger partial charge in [0, 0.05) is 39.0 Å². The average Bonchev–Trinajstić information content (AvgIpc) is 2.42. The number of nitrogens with one attached hydrogen (secondary N) is 2. The Bertz CT molecular complexity index is 418. The van der Waals surface area contributed by atoms with E-state index in [0.717, 1.165) is 25.6 Å². The van der Waals surface area contributed by atoms with Gasteiger partial charge in [-0.05, 0) is 27.3 Å². The molecule has 0 radical (unpaired) electrons.